The summed E-state index contributed by atoms with van der Waals surface area (Å²) in [5.74, 6) is -3.87. The number of para-hydroxylation sites is 1. The number of rotatable bonds is 3. The molecule has 3 aliphatic rings. The van der Waals surface area contributed by atoms with Crippen LogP contribution >= 0.6 is 11.6 Å². The maximum atomic E-state index is 13.5. The third-order valence-electron chi connectivity index (χ3n) is 6.50. The van der Waals surface area contributed by atoms with Gasteiger partial charge in [0.25, 0.3) is 0 Å². The summed E-state index contributed by atoms with van der Waals surface area (Å²) in [6, 6.07) is 9.69. The number of benzene rings is 2. The minimum absolute atomic E-state index is 0.0441. The Balaban J connectivity index is 1.61. The summed E-state index contributed by atoms with van der Waals surface area (Å²) in [7, 11) is 0. The summed E-state index contributed by atoms with van der Waals surface area (Å²) < 4.78 is 13.3. The third kappa shape index (κ3) is 2.68. The highest BCUT2D eigenvalue weighted by Gasteiger charge is 2.71. The van der Waals surface area contributed by atoms with Crippen LogP contribution in [0.5, 0.6) is 0 Å². The Morgan fingerprint density at radius 3 is 2.55 bits per heavy atom. The molecule has 9 heteroatoms. The molecule has 2 aromatic carbocycles. The standard InChI is InChI=1S/C22H19ClFN3O4/c1-10(28)17-15-16(20(30)27(19(15)29)9-11-5-7-12(24)8-6-11)22(26-17)13-3-2-4-14(23)18(13)25-21(22)31/h2-8,10,15-17,26,28H,9H2,1H3,(H,25,31)/t10-,15+,16+,17-,22+/m1/s1. The lowest BCUT2D eigenvalue weighted by Gasteiger charge is -2.30. The lowest BCUT2D eigenvalue weighted by atomic mass is 9.76. The number of carbonyl (C=O) groups is 3. The van der Waals surface area contributed by atoms with E-state index in [1.54, 1.807) is 18.2 Å². The summed E-state index contributed by atoms with van der Waals surface area (Å²) in [6.07, 6.45) is -0.995. The average Bonchev–Trinajstić information content (AvgIpc) is 3.32. The first-order valence-corrected chi connectivity index (χ1v) is 10.3. The predicted molar refractivity (Wildman–Crippen MR) is 109 cm³/mol. The van der Waals surface area contributed by atoms with Crippen molar-refractivity contribution >= 4 is 35.0 Å². The summed E-state index contributed by atoms with van der Waals surface area (Å²) in [4.78, 5) is 41.2. The first-order valence-electron chi connectivity index (χ1n) is 9.91. The van der Waals surface area contributed by atoms with Crippen LogP contribution in [0.4, 0.5) is 10.1 Å². The van der Waals surface area contributed by atoms with Crippen LogP contribution in [0.15, 0.2) is 42.5 Å². The second kappa shape index (κ2) is 6.85. The van der Waals surface area contributed by atoms with Gasteiger partial charge in [0, 0.05) is 11.6 Å². The molecule has 1 spiro atoms. The Labute approximate surface area is 182 Å². The number of likely N-dealkylation sites (tertiary alicyclic amines) is 1. The molecule has 0 aliphatic carbocycles. The van der Waals surface area contributed by atoms with E-state index in [9.17, 15) is 23.9 Å². The highest BCUT2D eigenvalue weighted by molar-refractivity contribution is 6.35. The Hall–Kier alpha value is -2.81. The zero-order valence-electron chi connectivity index (χ0n) is 16.4. The lowest BCUT2D eigenvalue weighted by Crippen LogP contribution is -2.54. The van der Waals surface area contributed by atoms with Gasteiger partial charge in [0.05, 0.1) is 35.2 Å². The Morgan fingerprint density at radius 1 is 1.16 bits per heavy atom. The number of aliphatic hydroxyl groups excluding tert-OH is 1. The van der Waals surface area contributed by atoms with Crippen molar-refractivity contribution in [1.29, 1.82) is 0 Å². The molecule has 2 fully saturated rings. The summed E-state index contributed by atoms with van der Waals surface area (Å²) in [5, 5.41) is 16.6. The molecule has 0 saturated carbocycles. The van der Waals surface area contributed by atoms with Gasteiger partial charge in [0.2, 0.25) is 17.7 Å². The number of imide groups is 1. The maximum absolute atomic E-state index is 13.5. The third-order valence-corrected chi connectivity index (χ3v) is 6.81. The zero-order valence-corrected chi connectivity index (χ0v) is 17.2. The van der Waals surface area contributed by atoms with E-state index in [0.29, 0.717) is 21.8 Å². The highest BCUT2D eigenvalue weighted by atomic mass is 35.5. The summed E-state index contributed by atoms with van der Waals surface area (Å²) >= 11 is 6.27. The Morgan fingerprint density at radius 2 is 1.87 bits per heavy atom. The first kappa shape index (κ1) is 20.1. The number of carbonyl (C=O) groups excluding carboxylic acids is 3. The van der Waals surface area contributed by atoms with E-state index in [-0.39, 0.29) is 6.54 Å². The largest absolute Gasteiger partial charge is 0.392 e. The lowest BCUT2D eigenvalue weighted by molar-refractivity contribution is -0.143. The van der Waals surface area contributed by atoms with Crippen LogP contribution in [0.2, 0.25) is 5.02 Å². The van der Waals surface area contributed by atoms with Crippen LogP contribution in [0.1, 0.15) is 18.1 Å². The average molecular weight is 444 g/mol. The number of fused-ring (bicyclic) bond motifs is 4. The minimum Gasteiger partial charge on any atom is -0.392 e. The van der Waals surface area contributed by atoms with Crippen molar-refractivity contribution in [1.82, 2.24) is 10.2 Å². The van der Waals surface area contributed by atoms with Crippen molar-refractivity contribution in [2.45, 2.75) is 31.2 Å². The first-order chi connectivity index (χ1) is 14.8. The van der Waals surface area contributed by atoms with Gasteiger partial charge in [-0.15, -0.1) is 0 Å². The van der Waals surface area contributed by atoms with E-state index < -0.39 is 53.1 Å². The SMILES string of the molecule is C[C@@H](O)[C@H]1N[C@]2(C(=O)Nc3c(Cl)cccc32)[C@@H]2C(=O)N(Cc3ccc(F)cc3)C(=O)[C@H]12. The fraction of sp³-hybridized carbons (Fsp3) is 0.318. The van der Waals surface area contributed by atoms with Crippen molar-refractivity contribution in [2.24, 2.45) is 11.8 Å². The molecule has 2 aromatic rings. The van der Waals surface area contributed by atoms with Gasteiger partial charge in [-0.05, 0) is 30.7 Å². The molecule has 0 bridgehead atoms. The smallest absolute Gasteiger partial charge is 0.250 e. The van der Waals surface area contributed by atoms with Gasteiger partial charge in [0.15, 0.2) is 0 Å². The van der Waals surface area contributed by atoms with Crippen LogP contribution in [-0.4, -0.2) is 39.9 Å². The number of anilines is 1. The molecule has 3 amide bonds. The topological polar surface area (TPSA) is 98.7 Å². The molecule has 3 aliphatic heterocycles. The minimum atomic E-state index is -1.52. The van der Waals surface area contributed by atoms with Crippen LogP contribution in [0, 0.1) is 17.7 Å². The molecule has 0 aromatic heterocycles. The molecule has 5 atom stereocenters. The molecule has 3 N–H and O–H groups in total. The van der Waals surface area contributed by atoms with Crippen LogP contribution in [-0.2, 0) is 26.5 Å². The van der Waals surface area contributed by atoms with Crippen molar-refractivity contribution in [2.75, 3.05) is 5.32 Å². The number of nitrogens with zero attached hydrogens (tertiary/aromatic N) is 1. The van der Waals surface area contributed by atoms with Gasteiger partial charge in [-0.3, -0.25) is 24.6 Å². The van der Waals surface area contributed by atoms with Gasteiger partial charge in [-0.2, -0.15) is 0 Å². The van der Waals surface area contributed by atoms with Crippen LogP contribution < -0.4 is 10.6 Å². The summed E-state index contributed by atoms with van der Waals surface area (Å²) in [6.45, 7) is 1.47. The molecule has 0 radical (unpaired) electrons. The number of nitrogens with one attached hydrogen (secondary N) is 2. The monoisotopic (exact) mass is 443 g/mol. The van der Waals surface area contributed by atoms with E-state index in [1.807, 2.05) is 0 Å². The quantitative estimate of drug-likeness (QED) is 0.628. The second-order valence-electron chi connectivity index (χ2n) is 8.23. The Bertz CT molecular complexity index is 1120. The van der Waals surface area contributed by atoms with Gasteiger partial charge in [-0.1, -0.05) is 35.9 Å². The van der Waals surface area contributed by atoms with Crippen LogP contribution in [0.25, 0.3) is 0 Å². The molecule has 160 valence electrons. The highest BCUT2D eigenvalue weighted by Crippen LogP contribution is 2.54. The van der Waals surface area contributed by atoms with E-state index in [4.69, 9.17) is 11.6 Å². The van der Waals surface area contributed by atoms with Crippen molar-refractivity contribution in [3.05, 3.63) is 64.4 Å². The maximum Gasteiger partial charge on any atom is 0.250 e. The molecule has 5 rings (SSSR count). The molecule has 31 heavy (non-hydrogen) atoms. The van der Waals surface area contributed by atoms with E-state index in [2.05, 4.69) is 10.6 Å². The number of amides is 3. The van der Waals surface area contributed by atoms with Gasteiger partial charge in [-0.25, -0.2) is 4.39 Å². The molecule has 0 unspecified atom stereocenters. The predicted octanol–water partition coefficient (Wildman–Crippen LogP) is 1.78. The van der Waals surface area contributed by atoms with Gasteiger partial charge >= 0.3 is 0 Å². The number of aliphatic hydroxyl groups is 1. The summed E-state index contributed by atoms with van der Waals surface area (Å²) in [5.41, 5.74) is -0.0635. The number of hydrogen-bond acceptors (Lipinski definition) is 5. The number of halogens is 2. The van der Waals surface area contributed by atoms with Crippen LogP contribution in [0.3, 0.4) is 0 Å². The number of hydrogen-bond donors (Lipinski definition) is 3. The van der Waals surface area contributed by atoms with E-state index >= 15 is 0 Å². The molecular formula is C22H19ClFN3O4. The van der Waals surface area contributed by atoms with Crippen molar-refractivity contribution in [3.63, 3.8) is 0 Å². The molecule has 3 heterocycles. The molecule has 2 saturated heterocycles. The van der Waals surface area contributed by atoms with Crippen molar-refractivity contribution in [3.8, 4) is 0 Å². The molecule has 7 nitrogen and oxygen atoms in total. The molecular weight excluding hydrogens is 425 g/mol. The fourth-order valence-electron chi connectivity index (χ4n) is 5.13. The van der Waals surface area contributed by atoms with Gasteiger partial charge < -0.3 is 10.4 Å². The van der Waals surface area contributed by atoms with E-state index in [1.165, 1.54) is 31.2 Å². The zero-order chi connectivity index (χ0) is 22.1. The van der Waals surface area contributed by atoms with Gasteiger partial charge in [0.1, 0.15) is 11.4 Å². The normalized spacial score (nSPS) is 30.0. The second-order valence-corrected chi connectivity index (χ2v) is 8.63. The van der Waals surface area contributed by atoms with E-state index in [0.717, 1.165) is 4.90 Å². The fourth-order valence-corrected chi connectivity index (χ4v) is 5.35. The Kier molecular flexibility index (Phi) is 4.44. The van der Waals surface area contributed by atoms with Crippen molar-refractivity contribution < 1.29 is 23.9 Å².